The largest absolute Gasteiger partial charge is 0.378 e. The Kier molecular flexibility index (Phi) is 8.67. The molecular formula is C29H38N8O4. The molecule has 3 N–H and O–H groups in total. The van der Waals surface area contributed by atoms with Crippen LogP contribution in [0.5, 0.6) is 0 Å². The third-order valence-electron chi connectivity index (χ3n) is 7.05. The van der Waals surface area contributed by atoms with E-state index in [1.165, 1.54) is 12.8 Å². The van der Waals surface area contributed by atoms with Crippen LogP contribution in [0.15, 0.2) is 40.9 Å². The molecule has 0 unspecified atom stereocenters. The second kappa shape index (κ2) is 12.5. The van der Waals surface area contributed by atoms with Gasteiger partial charge in [-0.25, -0.2) is 9.78 Å². The summed E-state index contributed by atoms with van der Waals surface area (Å²) in [4.78, 5) is 39.6. The van der Waals surface area contributed by atoms with Crippen molar-refractivity contribution in [2.75, 3.05) is 65.1 Å². The van der Waals surface area contributed by atoms with Crippen LogP contribution in [-0.4, -0.2) is 66.5 Å². The first-order valence-electron chi connectivity index (χ1n) is 14.2. The van der Waals surface area contributed by atoms with E-state index in [9.17, 15) is 9.59 Å². The second-order valence-electron chi connectivity index (χ2n) is 11.3. The molecule has 2 aliphatic rings. The van der Waals surface area contributed by atoms with Gasteiger partial charge in [-0.3, -0.25) is 10.1 Å². The van der Waals surface area contributed by atoms with E-state index < -0.39 is 6.03 Å². The molecule has 2 aliphatic heterocycles. The van der Waals surface area contributed by atoms with Gasteiger partial charge >= 0.3 is 6.03 Å². The molecule has 41 heavy (non-hydrogen) atoms. The maximum Gasteiger partial charge on any atom is 0.324 e. The monoisotopic (exact) mass is 562 g/mol. The van der Waals surface area contributed by atoms with Gasteiger partial charge < -0.3 is 29.7 Å². The molecular weight excluding hydrogens is 524 g/mol. The summed E-state index contributed by atoms with van der Waals surface area (Å²) in [6.07, 6.45) is 4.62. The number of aromatic nitrogens is 3. The Morgan fingerprint density at radius 1 is 0.805 bits per heavy atom. The smallest absolute Gasteiger partial charge is 0.324 e. The summed E-state index contributed by atoms with van der Waals surface area (Å²) in [6.45, 7) is 10.4. The van der Waals surface area contributed by atoms with Gasteiger partial charge in [0.25, 0.3) is 5.91 Å². The lowest BCUT2D eigenvalue weighted by Crippen LogP contribution is -2.38. The molecule has 5 rings (SSSR count). The van der Waals surface area contributed by atoms with E-state index >= 15 is 0 Å². The van der Waals surface area contributed by atoms with Crippen LogP contribution in [0.3, 0.4) is 0 Å². The first kappa shape index (κ1) is 28.3. The van der Waals surface area contributed by atoms with E-state index in [1.807, 2.05) is 20.8 Å². The van der Waals surface area contributed by atoms with Crippen LogP contribution >= 0.6 is 0 Å². The van der Waals surface area contributed by atoms with Crippen LogP contribution in [0.2, 0.25) is 0 Å². The van der Waals surface area contributed by atoms with Gasteiger partial charge in [-0.2, -0.15) is 4.98 Å². The predicted molar refractivity (Wildman–Crippen MR) is 158 cm³/mol. The van der Waals surface area contributed by atoms with Crippen LogP contribution < -0.4 is 25.8 Å². The maximum atomic E-state index is 13.3. The van der Waals surface area contributed by atoms with Crippen molar-refractivity contribution in [1.82, 2.24) is 15.1 Å². The fraction of sp³-hybridized carbons (Fsp3) is 0.483. The lowest BCUT2D eigenvalue weighted by Gasteiger charge is -2.29. The zero-order valence-corrected chi connectivity index (χ0v) is 23.9. The molecule has 12 nitrogen and oxygen atoms in total. The highest BCUT2D eigenvalue weighted by Gasteiger charge is 2.22. The molecule has 3 aromatic rings. The Morgan fingerprint density at radius 2 is 1.46 bits per heavy atom. The van der Waals surface area contributed by atoms with E-state index in [4.69, 9.17) is 14.2 Å². The zero-order valence-electron chi connectivity index (χ0n) is 23.9. The average molecular weight is 563 g/mol. The highest BCUT2D eigenvalue weighted by Crippen LogP contribution is 2.25. The number of nitrogens with one attached hydrogen (secondary N) is 3. The molecule has 2 aromatic heterocycles. The van der Waals surface area contributed by atoms with Crippen molar-refractivity contribution in [3.8, 4) is 0 Å². The quantitative estimate of drug-likeness (QED) is 0.384. The molecule has 0 radical (unpaired) electrons. The minimum Gasteiger partial charge on any atom is -0.378 e. The number of nitrogens with zero attached hydrogens (tertiary/aromatic N) is 5. The number of anilines is 5. The van der Waals surface area contributed by atoms with Crippen LogP contribution in [0.4, 0.5) is 33.8 Å². The number of hydrogen-bond acceptors (Lipinski definition) is 9. The molecule has 3 amide bonds. The van der Waals surface area contributed by atoms with Crippen molar-refractivity contribution >= 4 is 40.9 Å². The third kappa shape index (κ3) is 7.51. The Hall–Kier alpha value is -4.19. The summed E-state index contributed by atoms with van der Waals surface area (Å²) in [6, 6.07) is 9.89. The van der Waals surface area contributed by atoms with E-state index in [1.54, 1.807) is 36.4 Å². The van der Waals surface area contributed by atoms with Crippen LogP contribution in [0.1, 0.15) is 62.7 Å². The lowest BCUT2D eigenvalue weighted by atomic mass is 9.93. The van der Waals surface area contributed by atoms with Crippen LogP contribution in [-0.2, 0) is 10.2 Å². The van der Waals surface area contributed by atoms with Crippen molar-refractivity contribution in [2.45, 2.75) is 51.9 Å². The SMILES string of the molecule is CC(C)(C)c1cc(NC(=O)Nc2ccc(NC(=O)c3cc(N4CCCCCC4)nc(N4CCOCC4)n3)cc2)no1. The molecule has 0 atom stereocenters. The number of amides is 3. The van der Waals surface area contributed by atoms with Gasteiger partial charge in [0.2, 0.25) is 5.95 Å². The fourth-order valence-electron chi connectivity index (χ4n) is 4.70. The number of benzene rings is 1. The van der Waals surface area contributed by atoms with Gasteiger partial charge in [0.05, 0.1) is 13.2 Å². The fourth-order valence-corrected chi connectivity index (χ4v) is 4.70. The summed E-state index contributed by atoms with van der Waals surface area (Å²) in [5.41, 5.74) is 1.23. The summed E-state index contributed by atoms with van der Waals surface area (Å²) in [7, 11) is 0. The van der Waals surface area contributed by atoms with Gasteiger partial charge in [-0.1, -0.05) is 38.8 Å². The van der Waals surface area contributed by atoms with Gasteiger partial charge in [0.15, 0.2) is 5.82 Å². The van der Waals surface area contributed by atoms with Crippen molar-refractivity contribution in [3.63, 3.8) is 0 Å². The third-order valence-corrected chi connectivity index (χ3v) is 7.05. The van der Waals surface area contributed by atoms with E-state index in [-0.39, 0.29) is 11.3 Å². The number of rotatable bonds is 6. The Balaban J connectivity index is 1.25. The first-order valence-corrected chi connectivity index (χ1v) is 14.2. The topological polar surface area (TPSA) is 138 Å². The minimum absolute atomic E-state index is 0.214. The van der Waals surface area contributed by atoms with E-state index in [2.05, 4.69) is 35.9 Å². The number of carbonyl (C=O) groups excluding carboxylic acids is 2. The van der Waals surface area contributed by atoms with Crippen LogP contribution in [0.25, 0.3) is 0 Å². The van der Waals surface area contributed by atoms with Gasteiger partial charge in [-0.05, 0) is 37.1 Å². The molecule has 218 valence electrons. The normalized spacial score (nSPS) is 16.2. The van der Waals surface area contributed by atoms with Gasteiger partial charge in [0.1, 0.15) is 17.3 Å². The van der Waals surface area contributed by atoms with Crippen molar-refractivity contribution in [1.29, 1.82) is 0 Å². The predicted octanol–water partition coefficient (Wildman–Crippen LogP) is 4.88. The summed E-state index contributed by atoms with van der Waals surface area (Å²) < 4.78 is 10.8. The van der Waals surface area contributed by atoms with Crippen molar-refractivity contribution in [3.05, 3.63) is 47.9 Å². The molecule has 4 heterocycles. The van der Waals surface area contributed by atoms with Gasteiger partial charge in [-0.15, -0.1) is 0 Å². The van der Waals surface area contributed by atoms with E-state index in [0.717, 1.165) is 31.7 Å². The van der Waals surface area contributed by atoms with Gasteiger partial charge in [0, 0.05) is 55.1 Å². The summed E-state index contributed by atoms with van der Waals surface area (Å²) in [5.74, 6) is 2.01. The lowest BCUT2D eigenvalue weighted by molar-refractivity contribution is 0.102. The molecule has 12 heteroatoms. The van der Waals surface area contributed by atoms with Crippen molar-refractivity contribution < 1.29 is 18.8 Å². The molecule has 2 saturated heterocycles. The van der Waals surface area contributed by atoms with E-state index in [0.29, 0.717) is 60.9 Å². The molecule has 0 bridgehead atoms. The number of hydrogen-bond donors (Lipinski definition) is 3. The molecule has 0 spiro atoms. The first-order chi connectivity index (χ1) is 19.7. The second-order valence-corrected chi connectivity index (χ2v) is 11.3. The van der Waals surface area contributed by atoms with Crippen molar-refractivity contribution in [2.24, 2.45) is 0 Å². The number of carbonyl (C=O) groups is 2. The molecule has 0 aliphatic carbocycles. The average Bonchev–Trinajstić information content (AvgIpc) is 3.27. The standard InChI is InChI=1S/C29H38N8O4/c1-29(2,3)23-19-24(35-41-23)33-28(39)31-21-10-8-20(9-11-21)30-26(38)22-18-25(36-12-6-4-5-7-13-36)34-27(32-22)37-14-16-40-17-15-37/h8-11,18-19H,4-7,12-17H2,1-3H3,(H,30,38)(H2,31,33,35,39). The summed E-state index contributed by atoms with van der Waals surface area (Å²) >= 11 is 0. The molecule has 1 aromatic carbocycles. The number of morpholine rings is 1. The van der Waals surface area contributed by atoms with Crippen LogP contribution in [0, 0.1) is 0 Å². The number of urea groups is 1. The highest BCUT2D eigenvalue weighted by atomic mass is 16.5. The Morgan fingerprint density at radius 3 is 2.10 bits per heavy atom. The molecule has 2 fully saturated rings. The zero-order chi connectivity index (χ0) is 28.8. The number of ether oxygens (including phenoxy) is 1. The highest BCUT2D eigenvalue weighted by molar-refractivity contribution is 6.04. The summed E-state index contributed by atoms with van der Waals surface area (Å²) in [5, 5.41) is 12.2. The maximum absolute atomic E-state index is 13.3. The Bertz CT molecular complexity index is 1340. The molecule has 0 saturated carbocycles. The Labute approximate surface area is 239 Å². The minimum atomic E-state index is -0.451.